The average molecular weight is 483 g/mol. The van der Waals surface area contributed by atoms with E-state index in [9.17, 15) is 10.2 Å². The number of thioether (sulfide) groups is 1. The zero-order chi connectivity index (χ0) is 23.6. The van der Waals surface area contributed by atoms with Gasteiger partial charge in [-0.1, -0.05) is 12.8 Å². The summed E-state index contributed by atoms with van der Waals surface area (Å²) in [5.74, 6) is 0.832. The Morgan fingerprint density at radius 3 is 2.64 bits per heavy atom. The van der Waals surface area contributed by atoms with E-state index >= 15 is 0 Å². The maximum Gasteiger partial charge on any atom is 0.167 e. The number of nitrogen functional groups attached to an aromatic ring is 1. The molecule has 1 fully saturated rings. The number of rotatable bonds is 15. The van der Waals surface area contributed by atoms with Crippen LogP contribution in [-0.4, -0.2) is 85.2 Å². The molecule has 0 spiro atoms. The van der Waals surface area contributed by atoms with Crippen LogP contribution in [0.25, 0.3) is 11.2 Å². The van der Waals surface area contributed by atoms with Gasteiger partial charge >= 0.3 is 0 Å². The normalized spacial score (nSPS) is 24.0. The minimum atomic E-state index is -1.09. The number of nitrogens with zero attached hydrogens (tertiary/aromatic N) is 4. The number of imidazole rings is 1. The van der Waals surface area contributed by atoms with Gasteiger partial charge in [-0.3, -0.25) is 4.57 Å². The summed E-state index contributed by atoms with van der Waals surface area (Å²) in [4.78, 5) is 12.4. The molecule has 5 atom stereocenters. The Balaban J connectivity index is 1.47. The van der Waals surface area contributed by atoms with E-state index in [0.29, 0.717) is 28.7 Å². The number of aliphatic hydroxyl groups excluding tert-OH is 2. The lowest BCUT2D eigenvalue weighted by Crippen LogP contribution is -2.33. The molecule has 1 aliphatic heterocycles. The number of nitrogens with two attached hydrogens (primary N) is 3. The van der Waals surface area contributed by atoms with E-state index < -0.39 is 24.5 Å². The van der Waals surface area contributed by atoms with Gasteiger partial charge in [0.05, 0.1) is 12.4 Å². The van der Waals surface area contributed by atoms with Crippen molar-refractivity contribution in [1.82, 2.24) is 24.8 Å². The highest BCUT2D eigenvalue weighted by atomic mass is 32.2. The van der Waals surface area contributed by atoms with Crippen LogP contribution in [0.15, 0.2) is 12.7 Å². The molecule has 0 amide bonds. The van der Waals surface area contributed by atoms with Crippen molar-refractivity contribution in [3.8, 4) is 0 Å². The summed E-state index contributed by atoms with van der Waals surface area (Å²) in [5.41, 5.74) is 18.1. The predicted molar refractivity (Wildman–Crippen MR) is 131 cm³/mol. The summed E-state index contributed by atoms with van der Waals surface area (Å²) in [6.45, 7) is 3.35. The maximum atomic E-state index is 10.6. The molecular formula is C21H38N8O3S. The number of hydrogen-bond acceptors (Lipinski definition) is 11. The second kappa shape index (κ2) is 13.4. The molecule has 0 aliphatic carbocycles. The molecule has 1 aliphatic rings. The van der Waals surface area contributed by atoms with E-state index in [2.05, 4.69) is 20.3 Å². The van der Waals surface area contributed by atoms with Crippen molar-refractivity contribution in [3.05, 3.63) is 12.7 Å². The van der Waals surface area contributed by atoms with Crippen LogP contribution in [-0.2, 0) is 4.74 Å². The lowest BCUT2D eigenvalue weighted by molar-refractivity contribution is -0.0289. The lowest BCUT2D eigenvalue weighted by Gasteiger charge is -2.20. The summed E-state index contributed by atoms with van der Waals surface area (Å²) in [5, 5.41) is 25.0. The third-order valence-electron chi connectivity index (χ3n) is 5.92. The van der Waals surface area contributed by atoms with Crippen LogP contribution in [0.4, 0.5) is 5.82 Å². The number of aromatic nitrogens is 4. The zero-order valence-corrected chi connectivity index (χ0v) is 19.9. The van der Waals surface area contributed by atoms with Gasteiger partial charge in [-0.05, 0) is 51.9 Å². The molecule has 2 aromatic heterocycles. The molecule has 2 aromatic rings. The minimum Gasteiger partial charge on any atom is -0.387 e. The highest BCUT2D eigenvalue weighted by molar-refractivity contribution is 7.99. The van der Waals surface area contributed by atoms with Crippen LogP contribution in [0.1, 0.15) is 44.8 Å². The summed E-state index contributed by atoms with van der Waals surface area (Å²) >= 11 is 1.75. The summed E-state index contributed by atoms with van der Waals surface area (Å²) < 4.78 is 7.65. The Morgan fingerprint density at radius 2 is 1.85 bits per heavy atom. The molecule has 186 valence electrons. The summed E-state index contributed by atoms with van der Waals surface area (Å²) in [6.07, 6.45) is 5.91. The molecule has 11 nitrogen and oxygen atoms in total. The number of hydrogen-bond donors (Lipinski definition) is 6. The average Bonchev–Trinajstić information content (AvgIpc) is 3.36. The second-order valence-corrected chi connectivity index (χ2v) is 9.74. The topological polar surface area (TPSA) is 183 Å². The highest BCUT2D eigenvalue weighted by Gasteiger charge is 2.44. The fourth-order valence-electron chi connectivity index (χ4n) is 4.03. The fourth-order valence-corrected chi connectivity index (χ4v) is 5.41. The van der Waals surface area contributed by atoms with Crippen molar-refractivity contribution < 1.29 is 14.9 Å². The van der Waals surface area contributed by atoms with Gasteiger partial charge in [0.25, 0.3) is 0 Å². The van der Waals surface area contributed by atoms with E-state index in [4.69, 9.17) is 21.9 Å². The predicted octanol–water partition coefficient (Wildman–Crippen LogP) is -0.0229. The van der Waals surface area contributed by atoms with Gasteiger partial charge in [0.15, 0.2) is 17.7 Å². The Labute approximate surface area is 198 Å². The van der Waals surface area contributed by atoms with E-state index in [0.717, 1.165) is 51.7 Å². The van der Waals surface area contributed by atoms with Crippen LogP contribution in [0.3, 0.4) is 0 Å². The van der Waals surface area contributed by atoms with Crippen LogP contribution in [0.2, 0.25) is 0 Å². The van der Waals surface area contributed by atoms with Crippen molar-refractivity contribution in [2.75, 3.05) is 37.7 Å². The number of anilines is 1. The molecule has 0 bridgehead atoms. The van der Waals surface area contributed by atoms with Crippen LogP contribution >= 0.6 is 11.8 Å². The second-order valence-electron chi connectivity index (χ2n) is 8.40. The van der Waals surface area contributed by atoms with Gasteiger partial charge in [-0.25, -0.2) is 15.0 Å². The van der Waals surface area contributed by atoms with Crippen molar-refractivity contribution in [1.29, 1.82) is 0 Å². The van der Waals surface area contributed by atoms with Crippen LogP contribution < -0.4 is 22.5 Å². The van der Waals surface area contributed by atoms with Crippen molar-refractivity contribution >= 4 is 28.7 Å². The molecule has 3 rings (SSSR count). The van der Waals surface area contributed by atoms with Gasteiger partial charge in [0.1, 0.15) is 24.1 Å². The molecule has 0 unspecified atom stereocenters. The van der Waals surface area contributed by atoms with Crippen molar-refractivity contribution in [3.63, 3.8) is 0 Å². The number of aliphatic hydroxyl groups is 2. The number of nitrogens with one attached hydrogen (secondary N) is 1. The molecular weight excluding hydrogens is 444 g/mol. The van der Waals surface area contributed by atoms with Crippen molar-refractivity contribution in [2.45, 2.75) is 68.3 Å². The summed E-state index contributed by atoms with van der Waals surface area (Å²) in [6, 6.07) is 0. The third kappa shape index (κ3) is 6.98. The lowest BCUT2D eigenvalue weighted by atomic mass is 10.1. The molecule has 0 aromatic carbocycles. The zero-order valence-electron chi connectivity index (χ0n) is 19.1. The Bertz CT molecular complexity index is 841. The smallest absolute Gasteiger partial charge is 0.167 e. The van der Waals surface area contributed by atoms with E-state index in [1.807, 2.05) is 0 Å². The molecule has 0 radical (unpaired) electrons. The Kier molecular flexibility index (Phi) is 10.6. The minimum absolute atomic E-state index is 0.259. The first-order valence-electron chi connectivity index (χ1n) is 11.7. The quantitative estimate of drug-likeness (QED) is 0.187. The molecule has 33 heavy (non-hydrogen) atoms. The van der Waals surface area contributed by atoms with Gasteiger partial charge < -0.3 is 37.5 Å². The summed E-state index contributed by atoms with van der Waals surface area (Å²) in [7, 11) is 0. The molecule has 0 saturated carbocycles. The SMILES string of the molecule is NCCCNCCCCC[C@H](CCN)SC[C@H]1O[C@@H](n2cnc3c(N)ncnc32)[C@H](O)[C@@H]1O. The van der Waals surface area contributed by atoms with Gasteiger partial charge in [0.2, 0.25) is 0 Å². The maximum absolute atomic E-state index is 10.6. The first-order valence-corrected chi connectivity index (χ1v) is 12.8. The number of ether oxygens (including phenoxy) is 1. The van der Waals surface area contributed by atoms with Crippen LogP contribution in [0, 0.1) is 0 Å². The molecule has 1 saturated heterocycles. The highest BCUT2D eigenvalue weighted by Crippen LogP contribution is 2.34. The van der Waals surface area contributed by atoms with E-state index in [1.165, 1.54) is 19.1 Å². The first kappa shape index (κ1) is 26.1. The van der Waals surface area contributed by atoms with Gasteiger partial charge in [-0.15, -0.1) is 0 Å². The Hall–Kier alpha value is -1.54. The molecule has 9 N–H and O–H groups in total. The molecule has 3 heterocycles. The van der Waals surface area contributed by atoms with Crippen molar-refractivity contribution in [2.24, 2.45) is 11.5 Å². The fraction of sp³-hybridized carbons (Fsp3) is 0.762. The van der Waals surface area contributed by atoms with Gasteiger partial charge in [0, 0.05) is 11.0 Å². The third-order valence-corrected chi connectivity index (χ3v) is 7.38. The van der Waals surface area contributed by atoms with E-state index in [1.54, 1.807) is 16.3 Å². The van der Waals surface area contributed by atoms with Crippen LogP contribution in [0.5, 0.6) is 0 Å². The standard InChI is InChI=1S/C21H38N8O3S/c22-7-4-10-25-9-3-1-2-5-14(6-8-23)33-11-15-17(30)18(31)21(32-15)29-13-28-16-19(24)26-12-27-20(16)29/h12-15,17-18,21,25,30-31H,1-11,22-23H2,(H2,24,26,27)/t14-,15-,17-,18-,21-/m1/s1. The first-order chi connectivity index (χ1) is 16.1. The largest absolute Gasteiger partial charge is 0.387 e. The number of fused-ring (bicyclic) bond motifs is 1. The Morgan fingerprint density at radius 1 is 1.03 bits per heavy atom. The number of unbranched alkanes of at least 4 members (excludes halogenated alkanes) is 2. The van der Waals surface area contributed by atoms with E-state index in [-0.39, 0.29) is 5.82 Å². The van der Waals surface area contributed by atoms with Gasteiger partial charge in [-0.2, -0.15) is 11.8 Å². The molecule has 12 heteroatoms. The monoisotopic (exact) mass is 482 g/mol.